The van der Waals surface area contributed by atoms with E-state index in [0.29, 0.717) is 23.8 Å². The first-order valence-electron chi connectivity index (χ1n) is 7.55. The van der Waals surface area contributed by atoms with Gasteiger partial charge in [0, 0.05) is 24.8 Å². The molecule has 3 rings (SSSR count). The molecule has 2 aliphatic rings. The van der Waals surface area contributed by atoms with Crippen molar-refractivity contribution < 1.29 is 13.2 Å². The molecular formula is C14H20N4O3S. The fourth-order valence-electron chi connectivity index (χ4n) is 2.92. The molecule has 0 spiro atoms. The Labute approximate surface area is 130 Å². The highest BCUT2D eigenvalue weighted by atomic mass is 32.2. The summed E-state index contributed by atoms with van der Waals surface area (Å²) in [5, 5.41) is 3.05. The summed E-state index contributed by atoms with van der Waals surface area (Å²) in [5.74, 6) is 0.546. The molecule has 0 saturated carbocycles. The third-order valence-corrected chi connectivity index (χ3v) is 5.80. The van der Waals surface area contributed by atoms with E-state index in [1.54, 1.807) is 17.9 Å². The van der Waals surface area contributed by atoms with Gasteiger partial charge in [-0.1, -0.05) is 0 Å². The summed E-state index contributed by atoms with van der Waals surface area (Å²) in [7, 11) is -2.96. The molecule has 0 bridgehead atoms. The van der Waals surface area contributed by atoms with Crippen molar-refractivity contribution in [3.63, 3.8) is 0 Å². The number of amides is 1. The van der Waals surface area contributed by atoms with E-state index in [1.807, 2.05) is 0 Å². The summed E-state index contributed by atoms with van der Waals surface area (Å²) in [6, 6.07) is 1.50. The van der Waals surface area contributed by atoms with Gasteiger partial charge in [0.2, 0.25) is 5.95 Å². The molecule has 120 valence electrons. The molecule has 8 heteroatoms. The second-order valence-electron chi connectivity index (χ2n) is 5.96. The highest BCUT2D eigenvalue weighted by molar-refractivity contribution is 7.91. The molecule has 1 N–H and O–H groups in total. The molecule has 1 aromatic heterocycles. The Hall–Kier alpha value is -1.70. The minimum absolute atomic E-state index is 0.0786. The first-order chi connectivity index (χ1) is 10.4. The first-order valence-corrected chi connectivity index (χ1v) is 9.37. The SMILES string of the molecule is Cc1cc(C(=O)N2CCCC2)nc(NC2CCS(=O)(=O)C2)n1. The average Bonchev–Trinajstić information content (AvgIpc) is 3.07. The molecule has 0 radical (unpaired) electrons. The van der Waals surface area contributed by atoms with E-state index in [1.165, 1.54) is 0 Å². The molecule has 1 amide bonds. The summed E-state index contributed by atoms with van der Waals surface area (Å²) in [6.45, 7) is 3.34. The summed E-state index contributed by atoms with van der Waals surface area (Å²) in [6.07, 6.45) is 2.61. The van der Waals surface area contributed by atoms with Gasteiger partial charge in [-0.15, -0.1) is 0 Å². The lowest BCUT2D eigenvalue weighted by molar-refractivity contribution is 0.0787. The Morgan fingerprint density at radius 3 is 2.68 bits per heavy atom. The number of anilines is 1. The fraction of sp³-hybridized carbons (Fsp3) is 0.643. The van der Waals surface area contributed by atoms with Crippen LogP contribution in [-0.4, -0.2) is 59.8 Å². The van der Waals surface area contributed by atoms with Crippen molar-refractivity contribution in [3.05, 3.63) is 17.5 Å². The Kier molecular flexibility index (Phi) is 4.03. The van der Waals surface area contributed by atoms with Crippen molar-refractivity contribution in [2.75, 3.05) is 29.9 Å². The number of aryl methyl sites for hydroxylation is 1. The topological polar surface area (TPSA) is 92.3 Å². The van der Waals surface area contributed by atoms with Gasteiger partial charge in [-0.25, -0.2) is 18.4 Å². The van der Waals surface area contributed by atoms with Crippen molar-refractivity contribution in [3.8, 4) is 0 Å². The van der Waals surface area contributed by atoms with E-state index < -0.39 is 9.84 Å². The zero-order valence-electron chi connectivity index (χ0n) is 12.6. The number of aromatic nitrogens is 2. The van der Waals surface area contributed by atoms with Gasteiger partial charge >= 0.3 is 0 Å². The molecule has 1 aromatic rings. The van der Waals surface area contributed by atoms with Gasteiger partial charge < -0.3 is 10.2 Å². The van der Waals surface area contributed by atoms with Crippen LogP contribution >= 0.6 is 0 Å². The van der Waals surface area contributed by atoms with E-state index in [4.69, 9.17) is 0 Å². The number of likely N-dealkylation sites (tertiary alicyclic amines) is 1. The molecular weight excluding hydrogens is 304 g/mol. The molecule has 2 saturated heterocycles. The van der Waals surface area contributed by atoms with Gasteiger partial charge in [-0.2, -0.15) is 0 Å². The lowest BCUT2D eigenvalue weighted by atomic mass is 10.2. The molecule has 1 atom stereocenters. The largest absolute Gasteiger partial charge is 0.350 e. The quantitative estimate of drug-likeness (QED) is 0.876. The van der Waals surface area contributed by atoms with E-state index in [2.05, 4.69) is 15.3 Å². The molecule has 2 aliphatic heterocycles. The van der Waals surface area contributed by atoms with Crippen LogP contribution in [0.3, 0.4) is 0 Å². The Balaban J connectivity index is 1.76. The van der Waals surface area contributed by atoms with Gasteiger partial charge in [-0.3, -0.25) is 4.79 Å². The highest BCUT2D eigenvalue weighted by Gasteiger charge is 2.29. The zero-order valence-corrected chi connectivity index (χ0v) is 13.4. The van der Waals surface area contributed by atoms with E-state index in [-0.39, 0.29) is 23.5 Å². The van der Waals surface area contributed by atoms with Crippen molar-refractivity contribution in [1.29, 1.82) is 0 Å². The number of carbonyl (C=O) groups is 1. The standard InChI is InChI=1S/C14H20N4O3S/c1-10-8-12(13(19)18-5-2-3-6-18)17-14(15-10)16-11-4-7-22(20,21)9-11/h8,11H,2-7,9H2,1H3,(H,15,16,17). The molecule has 0 aliphatic carbocycles. The molecule has 7 nitrogen and oxygen atoms in total. The van der Waals surface area contributed by atoms with Gasteiger partial charge in [0.1, 0.15) is 5.69 Å². The fourth-order valence-corrected chi connectivity index (χ4v) is 4.59. The van der Waals surface area contributed by atoms with Crippen LogP contribution in [0, 0.1) is 6.92 Å². The smallest absolute Gasteiger partial charge is 0.272 e. The molecule has 3 heterocycles. The van der Waals surface area contributed by atoms with Gasteiger partial charge in [0.25, 0.3) is 5.91 Å². The summed E-state index contributed by atoms with van der Waals surface area (Å²) >= 11 is 0. The van der Waals surface area contributed by atoms with E-state index in [0.717, 1.165) is 25.9 Å². The van der Waals surface area contributed by atoms with Crippen molar-refractivity contribution in [2.45, 2.75) is 32.2 Å². The predicted molar refractivity (Wildman–Crippen MR) is 82.6 cm³/mol. The molecule has 22 heavy (non-hydrogen) atoms. The number of sulfone groups is 1. The summed E-state index contributed by atoms with van der Waals surface area (Å²) in [4.78, 5) is 22.7. The minimum atomic E-state index is -2.96. The molecule has 0 aromatic carbocycles. The maximum absolute atomic E-state index is 12.4. The van der Waals surface area contributed by atoms with Crippen LogP contribution in [0.2, 0.25) is 0 Å². The third kappa shape index (κ3) is 3.37. The van der Waals surface area contributed by atoms with Crippen LogP contribution in [0.25, 0.3) is 0 Å². The third-order valence-electron chi connectivity index (χ3n) is 4.03. The van der Waals surface area contributed by atoms with E-state index >= 15 is 0 Å². The normalized spacial score (nSPS) is 23.7. The maximum Gasteiger partial charge on any atom is 0.272 e. The van der Waals surface area contributed by atoms with Crippen LogP contribution in [0.1, 0.15) is 35.4 Å². The van der Waals surface area contributed by atoms with Gasteiger partial charge in [-0.05, 0) is 32.3 Å². The van der Waals surface area contributed by atoms with E-state index in [9.17, 15) is 13.2 Å². The number of carbonyl (C=O) groups excluding carboxylic acids is 1. The van der Waals surface area contributed by atoms with Crippen molar-refractivity contribution in [2.24, 2.45) is 0 Å². The number of rotatable bonds is 3. The Morgan fingerprint density at radius 2 is 2.05 bits per heavy atom. The number of nitrogens with zero attached hydrogens (tertiary/aromatic N) is 3. The predicted octanol–water partition coefficient (Wildman–Crippen LogP) is 0.620. The summed E-state index contributed by atoms with van der Waals surface area (Å²) < 4.78 is 23.0. The number of hydrogen-bond donors (Lipinski definition) is 1. The number of nitrogens with one attached hydrogen (secondary N) is 1. The minimum Gasteiger partial charge on any atom is -0.350 e. The lowest BCUT2D eigenvalue weighted by Crippen LogP contribution is -2.29. The van der Waals surface area contributed by atoms with Gasteiger partial charge in [0.15, 0.2) is 9.84 Å². The second kappa shape index (κ2) is 5.83. The van der Waals surface area contributed by atoms with Crippen LogP contribution < -0.4 is 5.32 Å². The second-order valence-corrected chi connectivity index (χ2v) is 8.19. The van der Waals surface area contributed by atoms with Crippen molar-refractivity contribution in [1.82, 2.24) is 14.9 Å². The highest BCUT2D eigenvalue weighted by Crippen LogP contribution is 2.17. The maximum atomic E-state index is 12.4. The van der Waals surface area contributed by atoms with Crippen LogP contribution in [-0.2, 0) is 9.84 Å². The molecule has 1 unspecified atom stereocenters. The van der Waals surface area contributed by atoms with Crippen molar-refractivity contribution >= 4 is 21.7 Å². The van der Waals surface area contributed by atoms with Crippen LogP contribution in [0.5, 0.6) is 0 Å². The number of hydrogen-bond acceptors (Lipinski definition) is 6. The van der Waals surface area contributed by atoms with Crippen LogP contribution in [0.15, 0.2) is 6.07 Å². The zero-order chi connectivity index (χ0) is 15.7. The van der Waals surface area contributed by atoms with Gasteiger partial charge in [0.05, 0.1) is 11.5 Å². The lowest BCUT2D eigenvalue weighted by Gasteiger charge is -2.16. The monoisotopic (exact) mass is 324 g/mol. The average molecular weight is 324 g/mol. The first kappa shape index (κ1) is 15.2. The Bertz CT molecular complexity index is 683. The molecule has 2 fully saturated rings. The summed E-state index contributed by atoms with van der Waals surface area (Å²) in [5.41, 5.74) is 1.07. The Morgan fingerprint density at radius 1 is 1.32 bits per heavy atom. The van der Waals surface area contributed by atoms with Crippen LogP contribution in [0.4, 0.5) is 5.95 Å².